The molecule has 0 unspecified atom stereocenters. The normalized spacial score (nSPS) is 15.9. The first-order valence-electron chi connectivity index (χ1n) is 10.1. The highest BCUT2D eigenvalue weighted by Gasteiger charge is 2.40. The Labute approximate surface area is 318 Å². The van der Waals surface area contributed by atoms with Crippen molar-refractivity contribution in [2.24, 2.45) is 16.6 Å². The summed E-state index contributed by atoms with van der Waals surface area (Å²) in [5.41, 5.74) is 7.99. The molecular formula is C23H245N3O. The highest BCUT2D eigenvalue weighted by atomic mass is 16.2. The largest absolute Gasteiger partial charge is 0.349 e. The number of likely N-dealkylation sites (N-methyl/N-ethyl adjacent to an activating group) is 1. The standard InChI is InChI=1S/C23H41N3O.102H2/c1-9-23(7,14-18-13-11-10-12-17(18)2)26-20(27)19(25-8)22(5,6)15-21(3,4)16-24;;;;;;;;;;;;;;;;;;;;;;;;;;;;;;;;;;;;;;;;;;;;;;;;;;;;;;;;;;;;;;;;;;;;;;;;;;;;;;;;;;;;;;;;;;;;;;;;;;;;;;/h10-13,19,25H,9,14-16,24H2,1-8H3,(H,26,27);102*1H/t19-,23+;;;;;;;;;;;;;;;;;;;;;;;;;;;;;;;;;;;;;;;;;;;;;;;;;;;;;;;;;;;;;;;;;;;;;;;;;;;;;;;;;;;;;;;;;;;;;;;;;;;;;;/m1....................................................................................................../s1. The minimum absolute atomic E-state index is 0. The fraction of sp³-hybridized carbons (Fsp3) is 0.696. The third kappa shape index (κ3) is 6.62. The third-order valence-electron chi connectivity index (χ3n) is 5.87. The van der Waals surface area contributed by atoms with Gasteiger partial charge >= 0.3 is 0 Å². The molecule has 4 N–H and O–H groups in total. The molecule has 0 aliphatic rings. The molecule has 1 rings (SSSR count). The average Bonchev–Trinajstić information content (AvgIpc) is 2.56. The average molecular weight is 581 g/mol. The molecule has 0 bridgehead atoms. The quantitative estimate of drug-likeness (QED) is 0.258. The van der Waals surface area contributed by atoms with E-state index < -0.39 is 0 Å². The highest BCUT2D eigenvalue weighted by Crippen LogP contribution is 2.36. The molecule has 0 spiro atoms. The second kappa shape index (κ2) is 9.20. The molecule has 0 aliphatic carbocycles. The fourth-order valence-corrected chi connectivity index (χ4v) is 4.14. The van der Waals surface area contributed by atoms with Gasteiger partial charge in [-0.2, -0.15) is 0 Å². The molecule has 358 valence electrons. The Morgan fingerprint density at radius 2 is 1.78 bits per heavy atom. The number of nitrogens with one attached hydrogen (secondary N) is 2. The molecule has 4 nitrogen and oxygen atoms in total. The Kier molecular flexibility index (Phi) is 8.06. The van der Waals surface area contributed by atoms with E-state index in [1.807, 2.05) is 7.05 Å². The summed E-state index contributed by atoms with van der Waals surface area (Å²) in [4.78, 5) is 13.2. The lowest BCUT2D eigenvalue weighted by Gasteiger charge is -2.41. The summed E-state index contributed by atoms with van der Waals surface area (Å²) in [6.07, 6.45) is 2.57. The van der Waals surface area contributed by atoms with Crippen LogP contribution in [-0.2, 0) is 11.2 Å². The van der Waals surface area contributed by atoms with Gasteiger partial charge in [-0.25, -0.2) is 0 Å². The van der Waals surface area contributed by atoms with Gasteiger partial charge in [0.25, 0.3) is 0 Å². The summed E-state index contributed by atoms with van der Waals surface area (Å²) in [5, 5.41) is 6.60. The predicted octanol–water partition coefficient (Wildman–Crippen LogP) is 28.9. The van der Waals surface area contributed by atoms with Crippen molar-refractivity contribution in [2.75, 3.05) is 13.6 Å². The van der Waals surface area contributed by atoms with Crippen LogP contribution in [0.5, 0.6) is 0 Å². The van der Waals surface area contributed by atoms with Crippen LogP contribution in [0.3, 0.4) is 0 Å². The maximum Gasteiger partial charge on any atom is 0.238 e. The van der Waals surface area contributed by atoms with E-state index in [0.29, 0.717) is 6.54 Å². The van der Waals surface area contributed by atoms with Gasteiger partial charge in [0.05, 0.1) is 6.04 Å². The van der Waals surface area contributed by atoms with E-state index in [0.717, 1.165) is 19.3 Å². The van der Waals surface area contributed by atoms with Gasteiger partial charge in [0.15, 0.2) is 0 Å². The number of hydrogen-bond acceptors (Lipinski definition) is 3. The first-order valence-corrected chi connectivity index (χ1v) is 10.1. The molecule has 1 amide bonds. The molecule has 0 saturated carbocycles. The highest BCUT2D eigenvalue weighted by molar-refractivity contribution is 5.83. The van der Waals surface area contributed by atoms with Crippen LogP contribution in [0, 0.1) is 17.8 Å². The van der Waals surface area contributed by atoms with Gasteiger partial charge in [-0.3, -0.25) is 4.79 Å². The summed E-state index contributed by atoms with van der Waals surface area (Å²) in [6.45, 7) is 15.6. The molecule has 27 heavy (non-hydrogen) atoms. The van der Waals surface area contributed by atoms with E-state index in [4.69, 9.17) is 5.73 Å². The Hall–Kier alpha value is -1.39. The lowest BCUT2D eigenvalue weighted by molar-refractivity contribution is -0.128. The molecule has 1 aromatic carbocycles. The van der Waals surface area contributed by atoms with E-state index in [1.165, 1.54) is 11.1 Å². The van der Waals surface area contributed by atoms with E-state index in [9.17, 15) is 4.79 Å². The van der Waals surface area contributed by atoms with Crippen LogP contribution in [0.1, 0.15) is 211 Å². The lowest BCUT2D eigenvalue weighted by Crippen LogP contribution is -2.58. The lowest BCUT2D eigenvalue weighted by atomic mass is 9.70. The molecule has 2 atom stereocenters. The second-order valence-electron chi connectivity index (χ2n) is 9.76. The number of nitrogens with two attached hydrogens (primary N) is 1. The number of carbonyl (C=O) groups excluding carboxylic acids is 1. The number of amides is 1. The smallest absolute Gasteiger partial charge is 0.238 e. The van der Waals surface area contributed by atoms with Crippen molar-refractivity contribution in [1.29, 1.82) is 0 Å². The minimum Gasteiger partial charge on any atom is -0.349 e. The van der Waals surface area contributed by atoms with E-state index >= 15 is 0 Å². The molecule has 0 heterocycles. The second-order valence-corrected chi connectivity index (χ2v) is 9.76. The zero-order chi connectivity index (χ0) is 20.9. The Morgan fingerprint density at radius 1 is 1.19 bits per heavy atom. The number of hydrogen-bond donors (Lipinski definition) is 3. The van der Waals surface area contributed by atoms with E-state index in [-0.39, 0.29) is 174 Å². The van der Waals surface area contributed by atoms with Gasteiger partial charge in [0, 0.05) is 151 Å². The van der Waals surface area contributed by atoms with E-state index in [2.05, 4.69) is 83.4 Å². The zero-order valence-electron chi connectivity index (χ0n) is 18.7. The van der Waals surface area contributed by atoms with Crippen molar-refractivity contribution in [3.05, 3.63) is 35.4 Å². The number of aryl methyl sites for hydroxylation is 1. The maximum absolute atomic E-state index is 13.2. The topological polar surface area (TPSA) is 67.2 Å². The molecule has 1 aromatic rings. The van der Waals surface area contributed by atoms with Crippen molar-refractivity contribution in [3.63, 3.8) is 0 Å². The van der Waals surface area contributed by atoms with Gasteiger partial charge in [-0.05, 0) is 68.7 Å². The minimum atomic E-state index is -0.280. The first kappa shape index (κ1) is 23.6. The number of rotatable bonds is 10. The summed E-state index contributed by atoms with van der Waals surface area (Å²) in [6, 6.07) is 8.13. The molecule has 0 aliphatic heterocycles. The van der Waals surface area contributed by atoms with Gasteiger partial charge in [0.1, 0.15) is 0 Å². The molecule has 0 radical (unpaired) electrons. The van der Waals surface area contributed by atoms with Crippen LogP contribution in [0.2, 0.25) is 0 Å². The van der Waals surface area contributed by atoms with Crippen LogP contribution < -0.4 is 16.4 Å². The summed E-state index contributed by atoms with van der Waals surface area (Å²) in [7, 11) is 1.87. The van der Waals surface area contributed by atoms with Crippen molar-refractivity contribution < 1.29 is 150 Å². The monoisotopic (exact) mass is 581 g/mol. The van der Waals surface area contributed by atoms with Crippen molar-refractivity contribution in [2.45, 2.75) is 79.3 Å². The van der Waals surface area contributed by atoms with Crippen molar-refractivity contribution >= 4 is 5.91 Å². The van der Waals surface area contributed by atoms with Gasteiger partial charge in [-0.1, -0.05) is 58.9 Å². The molecule has 4 heteroatoms. The van der Waals surface area contributed by atoms with Gasteiger partial charge < -0.3 is 16.4 Å². The van der Waals surface area contributed by atoms with Crippen LogP contribution >= 0.6 is 0 Å². The maximum atomic E-state index is 13.2. The molecule has 0 saturated heterocycles. The van der Waals surface area contributed by atoms with Gasteiger partial charge in [-0.15, -0.1) is 0 Å². The summed E-state index contributed by atoms with van der Waals surface area (Å²) in [5.74, 6) is 0.0632. The third-order valence-corrected chi connectivity index (χ3v) is 5.87. The fourth-order valence-electron chi connectivity index (χ4n) is 4.14. The van der Waals surface area contributed by atoms with Crippen molar-refractivity contribution in [3.8, 4) is 0 Å². The number of benzene rings is 1. The SMILES string of the molecule is CC[C@@](C)(Cc1ccccc1C)NC(=O)[C@@H](NC)C(C)(C)CC(C)(C)CN.[HH].[HH].[HH].[HH].[HH].[HH].[HH].[HH].[HH].[HH].[HH].[HH].[HH].[HH].[HH].[HH].[HH].[HH].[HH].[HH].[HH].[HH].[HH].[HH].[HH].[HH].[HH].[HH].[HH].[HH].[HH].[HH].[HH].[HH].[HH].[HH].[HH].[HH].[HH].[HH].[HH].[HH].[HH].[HH].[HH].[HH].[HH].[HH].[HH].[HH].[HH].[HH].[HH].[HH].[HH].[HH].[HH].[HH].[HH].[HH].[HH].[HH].[HH].[HH].[HH].[HH].[HH].[HH].[HH].[HH].[HH].[HH].[HH].[HH].[HH].[HH].[HH].[HH].[HH].[HH].[HH].[HH].[HH].[HH].[HH].[HH].[HH].[HH].[HH].[HH].[HH].[HH].[HH].[HH].[HH].[HH].[HH].[HH].[HH].[HH].[HH].[HH]. The van der Waals surface area contributed by atoms with Gasteiger partial charge in [0.2, 0.25) is 5.91 Å². The molecular weight excluding hydrogens is 334 g/mol. The Balaban J connectivity index is -0.000000000715. The van der Waals surface area contributed by atoms with Crippen LogP contribution in [0.4, 0.5) is 0 Å². The van der Waals surface area contributed by atoms with Crippen LogP contribution in [-0.4, -0.2) is 31.1 Å². The Morgan fingerprint density at radius 3 is 2.26 bits per heavy atom. The van der Waals surface area contributed by atoms with Crippen LogP contribution in [0.15, 0.2) is 24.3 Å². The molecule has 0 fully saturated rings. The van der Waals surface area contributed by atoms with Crippen molar-refractivity contribution in [1.82, 2.24) is 10.6 Å². The Bertz CT molecular complexity index is 719. The molecule has 0 aromatic heterocycles. The zero-order valence-corrected chi connectivity index (χ0v) is 18.7. The number of carbonyl (C=O) groups is 1. The van der Waals surface area contributed by atoms with Crippen LogP contribution in [0.25, 0.3) is 0 Å². The van der Waals surface area contributed by atoms with E-state index in [1.54, 1.807) is 0 Å². The summed E-state index contributed by atoms with van der Waals surface area (Å²) < 4.78 is 0. The predicted molar refractivity (Wildman–Crippen MR) is 331 cm³/mol. The summed E-state index contributed by atoms with van der Waals surface area (Å²) >= 11 is 0. The first-order chi connectivity index (χ1) is 12.4.